The van der Waals surface area contributed by atoms with Crippen LogP contribution in [0, 0.1) is 11.8 Å². The maximum Gasteiger partial charge on any atom is 0.255 e. The normalized spacial score (nSPS) is 26.1. The van der Waals surface area contributed by atoms with Gasteiger partial charge in [-0.15, -0.1) is 0 Å². The molecule has 1 aromatic rings. The lowest BCUT2D eigenvalue weighted by molar-refractivity contribution is -0.153. The van der Waals surface area contributed by atoms with Gasteiger partial charge in [-0.1, -0.05) is 13.0 Å². The second-order valence-corrected chi connectivity index (χ2v) is 11.2. The van der Waals surface area contributed by atoms with Gasteiger partial charge in [0.2, 0.25) is 11.7 Å². The molecule has 0 bridgehead atoms. The zero-order chi connectivity index (χ0) is 29.8. The molecule has 0 heterocycles. The van der Waals surface area contributed by atoms with E-state index in [1.165, 1.54) is 4.90 Å². The first-order chi connectivity index (χ1) is 18.7. The number of benzene rings is 1. The number of carbonyl (C=O) groups excluding carboxylic acids is 4. The fraction of sp³-hybridized carbons (Fsp3) is 0.500. The number of aliphatic hydroxyl groups is 3. The predicted molar refractivity (Wildman–Crippen MR) is 144 cm³/mol. The number of nitrogens with two attached hydrogens (primary N) is 1. The number of likely N-dealkylation sites (N-methyl/N-ethyl adjacent to an activating group) is 2. The molecule has 0 radical (unpaired) electrons. The Bertz CT molecular complexity index is 1380. The van der Waals surface area contributed by atoms with E-state index in [1.807, 2.05) is 6.92 Å². The van der Waals surface area contributed by atoms with E-state index >= 15 is 0 Å². The van der Waals surface area contributed by atoms with Gasteiger partial charge in [0.15, 0.2) is 11.4 Å². The number of Topliss-reactive ketones (excluding diaryl/α,β-unsaturated/α-hetero) is 2. The number of nitrogens with one attached hydrogen (secondary N) is 1. The Balaban J connectivity index is 1.87. The summed E-state index contributed by atoms with van der Waals surface area (Å²) >= 11 is 0. The number of rotatable bonds is 7. The largest absolute Gasteiger partial charge is 0.508 e. The molecule has 12 nitrogen and oxygen atoms in total. The van der Waals surface area contributed by atoms with Crippen LogP contribution in [0.25, 0.3) is 5.76 Å². The van der Waals surface area contributed by atoms with E-state index < -0.39 is 58.0 Å². The van der Waals surface area contributed by atoms with Gasteiger partial charge in [0, 0.05) is 23.6 Å². The molecule has 40 heavy (non-hydrogen) atoms. The van der Waals surface area contributed by atoms with E-state index in [2.05, 4.69) is 5.32 Å². The lowest BCUT2D eigenvalue weighted by Crippen LogP contribution is -2.65. The number of primary amides is 1. The van der Waals surface area contributed by atoms with Crippen molar-refractivity contribution in [2.24, 2.45) is 17.6 Å². The van der Waals surface area contributed by atoms with Gasteiger partial charge in [0.05, 0.1) is 18.2 Å². The summed E-state index contributed by atoms with van der Waals surface area (Å²) in [6.45, 7) is 2.01. The van der Waals surface area contributed by atoms with Crippen molar-refractivity contribution in [3.05, 3.63) is 45.2 Å². The summed E-state index contributed by atoms with van der Waals surface area (Å²) in [4.78, 5) is 54.6. The fourth-order valence-corrected chi connectivity index (χ4v) is 6.44. The van der Waals surface area contributed by atoms with Crippen molar-refractivity contribution in [3.63, 3.8) is 0 Å². The molecule has 2 amide bonds. The van der Waals surface area contributed by atoms with Gasteiger partial charge < -0.3 is 36.4 Å². The molecule has 1 aromatic carbocycles. The maximum atomic E-state index is 14.0. The van der Waals surface area contributed by atoms with Crippen LogP contribution in [0.4, 0.5) is 0 Å². The van der Waals surface area contributed by atoms with Crippen LogP contribution in [0.2, 0.25) is 0 Å². The number of fused-ring (bicyclic) bond motifs is 3. The summed E-state index contributed by atoms with van der Waals surface area (Å²) in [7, 11) is 6.60. The SMILES string of the molecule is CCc1cc(CNC(=O)CN(C)C)c(O)c2c1C[C@H]1C[C@H]3[C@H](N(C)C)C(=O)C(C(N)=O)=C(O)[C@@]3(O)C(=O)C1=C2O. The molecule has 0 saturated heterocycles. The van der Waals surface area contributed by atoms with Crippen LogP contribution < -0.4 is 11.1 Å². The highest BCUT2D eigenvalue weighted by Gasteiger charge is 2.64. The molecular weight excluding hydrogens is 520 g/mol. The zero-order valence-corrected chi connectivity index (χ0v) is 23.2. The van der Waals surface area contributed by atoms with E-state index in [0.29, 0.717) is 17.5 Å². The van der Waals surface area contributed by atoms with E-state index in [4.69, 9.17) is 5.73 Å². The van der Waals surface area contributed by atoms with E-state index in [0.717, 1.165) is 5.56 Å². The van der Waals surface area contributed by atoms with E-state index in [-0.39, 0.29) is 48.7 Å². The highest BCUT2D eigenvalue weighted by molar-refractivity contribution is 6.24. The summed E-state index contributed by atoms with van der Waals surface area (Å²) in [6.07, 6.45) is 0.777. The Kier molecular flexibility index (Phi) is 7.56. The predicted octanol–water partition coefficient (Wildman–Crippen LogP) is -0.296. The standard InChI is InChI=1S/C28H36N4O8/c1-6-12-7-14(10-30-17(33)11-31(2)3)22(34)19-15(12)8-13-9-16-21(32(4)5)24(36)20(27(29)39)26(38)28(16,40)25(37)18(13)23(19)35/h7,13,16,21,34-35,38,40H,6,8-11H2,1-5H3,(H2,29,39)(H,30,33)/t13-,16-,21-,28-/m0/s1. The first-order valence-corrected chi connectivity index (χ1v) is 13.1. The molecular formula is C28H36N4O8. The van der Waals surface area contributed by atoms with Crippen molar-refractivity contribution >= 4 is 29.1 Å². The lowest BCUT2D eigenvalue weighted by atomic mass is 9.57. The minimum absolute atomic E-state index is 0.0208. The van der Waals surface area contributed by atoms with Gasteiger partial charge in [-0.25, -0.2) is 0 Å². The number of nitrogens with zero attached hydrogens (tertiary/aromatic N) is 2. The molecule has 0 aliphatic heterocycles. The van der Waals surface area contributed by atoms with Crippen LogP contribution in [0.1, 0.15) is 35.6 Å². The van der Waals surface area contributed by atoms with Gasteiger partial charge in [-0.3, -0.25) is 24.1 Å². The highest BCUT2D eigenvalue weighted by atomic mass is 16.3. The molecule has 7 N–H and O–H groups in total. The third kappa shape index (κ3) is 4.36. The van der Waals surface area contributed by atoms with Gasteiger partial charge in [0.25, 0.3) is 5.91 Å². The first-order valence-electron chi connectivity index (χ1n) is 13.1. The molecule has 0 aromatic heterocycles. The van der Waals surface area contributed by atoms with Crippen LogP contribution in [0.3, 0.4) is 0 Å². The lowest BCUT2D eigenvalue weighted by Gasteiger charge is -2.50. The molecule has 4 atom stereocenters. The Morgan fingerprint density at radius 1 is 1.12 bits per heavy atom. The van der Waals surface area contributed by atoms with Crippen LogP contribution in [0.5, 0.6) is 5.75 Å². The topological polar surface area (TPSA) is 194 Å². The number of ketones is 2. The van der Waals surface area contributed by atoms with E-state index in [9.17, 15) is 39.6 Å². The molecule has 12 heteroatoms. The molecule has 3 aliphatic rings. The number of phenolic OH excluding ortho intramolecular Hbond substituents is 1. The average Bonchev–Trinajstić information content (AvgIpc) is 2.85. The van der Waals surface area contributed by atoms with Crippen LogP contribution in [-0.4, -0.2) is 100.0 Å². The minimum atomic E-state index is -2.69. The Morgan fingerprint density at radius 2 is 1.77 bits per heavy atom. The number of phenols is 1. The van der Waals surface area contributed by atoms with Crippen molar-refractivity contribution in [1.82, 2.24) is 15.1 Å². The van der Waals surface area contributed by atoms with Crippen molar-refractivity contribution in [3.8, 4) is 5.75 Å². The number of hydrogen-bond acceptors (Lipinski definition) is 10. The number of aryl methyl sites for hydroxylation is 1. The first kappa shape index (κ1) is 29.2. The van der Waals surface area contributed by atoms with Crippen LogP contribution in [-0.2, 0) is 38.6 Å². The smallest absolute Gasteiger partial charge is 0.255 e. The minimum Gasteiger partial charge on any atom is -0.508 e. The van der Waals surface area contributed by atoms with Crippen molar-refractivity contribution in [2.45, 2.75) is 44.4 Å². The maximum absolute atomic E-state index is 14.0. The van der Waals surface area contributed by atoms with Gasteiger partial charge in [-0.05, 0) is 64.5 Å². The van der Waals surface area contributed by atoms with Crippen molar-refractivity contribution in [2.75, 3.05) is 34.7 Å². The molecule has 1 fully saturated rings. The Morgan fingerprint density at radius 3 is 2.33 bits per heavy atom. The summed E-state index contributed by atoms with van der Waals surface area (Å²) in [5.41, 5.74) is 3.38. The zero-order valence-electron chi connectivity index (χ0n) is 23.2. The number of carbonyl (C=O) groups is 4. The van der Waals surface area contributed by atoms with Crippen molar-refractivity contribution in [1.29, 1.82) is 0 Å². The molecule has 4 rings (SSSR count). The molecule has 3 aliphatic carbocycles. The summed E-state index contributed by atoms with van der Waals surface area (Å²) in [5, 5.41) is 48.1. The monoisotopic (exact) mass is 556 g/mol. The highest BCUT2D eigenvalue weighted by Crippen LogP contribution is 2.53. The number of hydrogen-bond donors (Lipinski definition) is 6. The third-order valence-electron chi connectivity index (χ3n) is 8.21. The van der Waals surface area contributed by atoms with Gasteiger partial charge in [0.1, 0.15) is 22.8 Å². The van der Waals surface area contributed by atoms with E-state index in [1.54, 1.807) is 39.2 Å². The third-order valence-corrected chi connectivity index (χ3v) is 8.21. The molecule has 216 valence electrons. The average molecular weight is 557 g/mol. The molecule has 1 saturated carbocycles. The summed E-state index contributed by atoms with van der Waals surface area (Å²) in [5.74, 6) is -7.17. The summed E-state index contributed by atoms with van der Waals surface area (Å²) in [6, 6.07) is 0.619. The molecule has 0 unspecified atom stereocenters. The Labute approximate surface area is 231 Å². The van der Waals surface area contributed by atoms with Gasteiger partial charge in [-0.2, -0.15) is 0 Å². The quantitative estimate of drug-likeness (QED) is 0.243. The van der Waals surface area contributed by atoms with Crippen LogP contribution >= 0.6 is 0 Å². The second kappa shape index (κ2) is 10.3. The van der Waals surface area contributed by atoms with Crippen molar-refractivity contribution < 1.29 is 39.6 Å². The van der Waals surface area contributed by atoms with Gasteiger partial charge >= 0.3 is 0 Å². The molecule has 0 spiro atoms. The number of amides is 2. The summed E-state index contributed by atoms with van der Waals surface area (Å²) < 4.78 is 0. The number of aromatic hydroxyl groups is 1. The second-order valence-electron chi connectivity index (χ2n) is 11.2. The van der Waals surface area contributed by atoms with Crippen LogP contribution in [0.15, 0.2) is 23.0 Å². The fourth-order valence-electron chi connectivity index (χ4n) is 6.44. The number of aliphatic hydroxyl groups excluding tert-OH is 2. The Hall–Kier alpha value is -3.74.